The first kappa shape index (κ1) is 29.5. The molecule has 9 N–H and O–H groups in total. The third-order valence-electron chi connectivity index (χ3n) is 6.73. The van der Waals surface area contributed by atoms with Crippen molar-refractivity contribution in [3.8, 4) is 0 Å². The molecule has 1 amide bonds. The van der Waals surface area contributed by atoms with Crippen LogP contribution < -0.4 is 5.32 Å². The van der Waals surface area contributed by atoms with Crippen molar-refractivity contribution >= 4 is 5.91 Å². The molecule has 0 aromatic heterocycles. The molecule has 0 saturated carbocycles. The normalized spacial score (nSPS) is 50.0. The molecule has 15 atom stereocenters. The van der Waals surface area contributed by atoms with Gasteiger partial charge in [-0.25, -0.2) is 0 Å². The second kappa shape index (κ2) is 12.2. The Labute approximate surface area is 207 Å². The van der Waals surface area contributed by atoms with Gasteiger partial charge in [0.1, 0.15) is 61.0 Å². The molecule has 0 radical (unpaired) electrons. The fraction of sp³-hybridized carbons (Fsp3) is 0.952. The van der Waals surface area contributed by atoms with Crippen LogP contribution in [0.3, 0.4) is 0 Å². The Morgan fingerprint density at radius 2 is 1.22 bits per heavy atom. The van der Waals surface area contributed by atoms with Gasteiger partial charge in [-0.05, 0) is 13.8 Å². The third-order valence-corrected chi connectivity index (χ3v) is 6.73. The van der Waals surface area contributed by atoms with Gasteiger partial charge in [0.25, 0.3) is 0 Å². The number of carbonyl (C=O) groups excluding carboxylic acids is 1. The van der Waals surface area contributed by atoms with Gasteiger partial charge in [0.2, 0.25) is 5.91 Å². The lowest BCUT2D eigenvalue weighted by molar-refractivity contribution is -0.360. The largest absolute Gasteiger partial charge is 0.394 e. The van der Waals surface area contributed by atoms with E-state index in [1.807, 2.05) is 0 Å². The minimum atomic E-state index is -1.78. The average molecular weight is 528 g/mol. The first-order valence-corrected chi connectivity index (χ1v) is 11.8. The first-order chi connectivity index (χ1) is 16.9. The number of carbonyl (C=O) groups is 1. The molecule has 0 aliphatic carbocycles. The summed E-state index contributed by atoms with van der Waals surface area (Å²) in [6.07, 6.45) is -19.7. The number of hydrogen-bond donors (Lipinski definition) is 9. The molecule has 15 nitrogen and oxygen atoms in total. The van der Waals surface area contributed by atoms with Gasteiger partial charge in [0.05, 0.1) is 31.5 Å². The Morgan fingerprint density at radius 1 is 0.694 bits per heavy atom. The van der Waals surface area contributed by atoms with Crippen molar-refractivity contribution in [2.75, 3.05) is 13.2 Å². The van der Waals surface area contributed by atoms with Crippen LogP contribution in [0.2, 0.25) is 0 Å². The maximum Gasteiger partial charge on any atom is 0.217 e. The Kier molecular flexibility index (Phi) is 10.0. The van der Waals surface area contributed by atoms with Crippen LogP contribution in [-0.4, -0.2) is 152 Å². The number of aliphatic hydroxyl groups excluding tert-OH is 8. The fourth-order valence-electron chi connectivity index (χ4n) is 4.64. The fourth-order valence-corrected chi connectivity index (χ4v) is 4.64. The summed E-state index contributed by atoms with van der Waals surface area (Å²) in [7, 11) is 0. The van der Waals surface area contributed by atoms with E-state index in [1.54, 1.807) is 6.92 Å². The summed E-state index contributed by atoms with van der Waals surface area (Å²) in [4.78, 5) is 11.9. The van der Waals surface area contributed by atoms with Crippen molar-refractivity contribution in [2.45, 2.75) is 113 Å². The highest BCUT2D eigenvalue weighted by molar-refractivity contribution is 5.73. The number of amides is 1. The van der Waals surface area contributed by atoms with Crippen LogP contribution in [0.25, 0.3) is 0 Å². The zero-order chi connectivity index (χ0) is 26.9. The molecule has 3 rings (SSSR count). The smallest absolute Gasteiger partial charge is 0.217 e. The molecule has 3 aliphatic heterocycles. The van der Waals surface area contributed by atoms with E-state index >= 15 is 0 Å². The number of hydrogen-bond acceptors (Lipinski definition) is 14. The maximum absolute atomic E-state index is 11.9. The maximum atomic E-state index is 11.9. The van der Waals surface area contributed by atoms with E-state index in [-0.39, 0.29) is 0 Å². The van der Waals surface area contributed by atoms with Gasteiger partial charge < -0.3 is 69.9 Å². The van der Waals surface area contributed by atoms with Crippen LogP contribution in [0.5, 0.6) is 0 Å². The van der Waals surface area contributed by atoms with Gasteiger partial charge in [0, 0.05) is 6.92 Å². The zero-order valence-corrected chi connectivity index (χ0v) is 20.1. The molecule has 15 heteroatoms. The molecule has 0 aromatic rings. The van der Waals surface area contributed by atoms with Crippen molar-refractivity contribution in [3.63, 3.8) is 0 Å². The van der Waals surface area contributed by atoms with Crippen molar-refractivity contribution < 1.29 is 69.3 Å². The monoisotopic (exact) mass is 527 g/mol. The van der Waals surface area contributed by atoms with Crippen LogP contribution in [0.15, 0.2) is 0 Å². The lowest BCUT2D eigenvalue weighted by Crippen LogP contribution is -2.69. The second-order valence-electron chi connectivity index (χ2n) is 9.37. The highest BCUT2D eigenvalue weighted by Gasteiger charge is 2.53. The Bertz CT molecular complexity index is 729. The summed E-state index contributed by atoms with van der Waals surface area (Å²) in [5.74, 6) is -0.480. The minimum Gasteiger partial charge on any atom is -0.394 e. The molecule has 0 spiro atoms. The molecule has 3 heterocycles. The SMILES string of the molecule is CC(=O)NC1[C@H](C)OC(CO)[C@H](O[C@@H]2OC(CO)[C@H](O)[C@H](O)C2O)[C@@H]1O[C@@H]1OC(C)[C@H](O)C(O)[C@@H]1O. The lowest BCUT2D eigenvalue weighted by Gasteiger charge is -2.50. The highest BCUT2D eigenvalue weighted by Crippen LogP contribution is 2.33. The van der Waals surface area contributed by atoms with Crippen LogP contribution in [0, 0.1) is 0 Å². The average Bonchev–Trinajstić information content (AvgIpc) is 2.84. The first-order valence-electron chi connectivity index (χ1n) is 11.8. The van der Waals surface area contributed by atoms with Gasteiger partial charge in [0.15, 0.2) is 12.6 Å². The van der Waals surface area contributed by atoms with Gasteiger partial charge in [-0.1, -0.05) is 0 Å². The minimum absolute atomic E-state index is 0.480. The Balaban J connectivity index is 1.92. The molecule has 3 saturated heterocycles. The van der Waals surface area contributed by atoms with Crippen molar-refractivity contribution in [1.29, 1.82) is 0 Å². The van der Waals surface area contributed by atoms with E-state index < -0.39 is 111 Å². The number of rotatable bonds is 7. The van der Waals surface area contributed by atoms with E-state index in [4.69, 9.17) is 23.7 Å². The third kappa shape index (κ3) is 5.99. The number of aliphatic hydroxyl groups is 8. The van der Waals surface area contributed by atoms with Crippen molar-refractivity contribution in [1.82, 2.24) is 5.32 Å². The summed E-state index contributed by atoms with van der Waals surface area (Å²) < 4.78 is 28.5. The van der Waals surface area contributed by atoms with Gasteiger partial charge >= 0.3 is 0 Å². The Hall–Kier alpha value is -1.05. The lowest BCUT2D eigenvalue weighted by atomic mass is 9.92. The number of nitrogens with one attached hydrogen (secondary N) is 1. The van der Waals surface area contributed by atoms with E-state index in [9.17, 15) is 45.6 Å². The van der Waals surface area contributed by atoms with Crippen molar-refractivity contribution in [3.05, 3.63) is 0 Å². The quantitative estimate of drug-likeness (QED) is 0.150. The summed E-state index contributed by atoms with van der Waals surface area (Å²) in [5.41, 5.74) is 0. The molecule has 0 aromatic carbocycles. The standard InChI is InChI=1S/C21H37NO14/c1-6-11(22-8(3)25)19(36-20-16(30)14(28)12(26)7(2)33-20)18(10(5-24)32-6)35-21-17(31)15(29)13(27)9(4-23)34-21/h6-7,9-21,23-24,26-31H,4-5H2,1-3H3,(H,22,25)/t6-,7?,9?,10?,11?,12-,13-,14?,15-,16-,17?,18-,19+,20-,21-/m0/s1. The van der Waals surface area contributed by atoms with Crippen LogP contribution in [-0.2, 0) is 28.5 Å². The summed E-state index contributed by atoms with van der Waals surface area (Å²) in [6.45, 7) is 2.95. The molecule has 3 fully saturated rings. The predicted octanol–water partition coefficient (Wildman–Crippen LogP) is -5.33. The zero-order valence-electron chi connectivity index (χ0n) is 20.1. The van der Waals surface area contributed by atoms with Gasteiger partial charge in [-0.3, -0.25) is 4.79 Å². The molecule has 6 unspecified atom stereocenters. The molecular weight excluding hydrogens is 490 g/mol. The summed E-state index contributed by atoms with van der Waals surface area (Å²) >= 11 is 0. The van der Waals surface area contributed by atoms with Crippen LogP contribution in [0.1, 0.15) is 20.8 Å². The summed E-state index contributed by atoms with van der Waals surface area (Å²) in [6, 6.07) is -0.963. The van der Waals surface area contributed by atoms with Gasteiger partial charge in [-0.15, -0.1) is 0 Å². The topological polar surface area (TPSA) is 237 Å². The van der Waals surface area contributed by atoms with Crippen molar-refractivity contribution in [2.24, 2.45) is 0 Å². The highest BCUT2D eigenvalue weighted by atomic mass is 16.7. The summed E-state index contributed by atoms with van der Waals surface area (Å²) in [5, 5.41) is 83.4. The molecule has 36 heavy (non-hydrogen) atoms. The molecule has 3 aliphatic rings. The molecule has 210 valence electrons. The molecular formula is C21H37NO14. The van der Waals surface area contributed by atoms with Gasteiger partial charge in [-0.2, -0.15) is 0 Å². The predicted molar refractivity (Wildman–Crippen MR) is 115 cm³/mol. The molecule has 0 bridgehead atoms. The van der Waals surface area contributed by atoms with E-state index in [0.29, 0.717) is 0 Å². The number of ether oxygens (including phenoxy) is 5. The van der Waals surface area contributed by atoms with Crippen LogP contribution in [0.4, 0.5) is 0 Å². The van der Waals surface area contributed by atoms with Crippen LogP contribution >= 0.6 is 0 Å². The van der Waals surface area contributed by atoms with E-state index in [0.717, 1.165) is 0 Å². The Morgan fingerprint density at radius 3 is 1.78 bits per heavy atom. The second-order valence-corrected chi connectivity index (χ2v) is 9.37. The van der Waals surface area contributed by atoms with E-state index in [1.165, 1.54) is 13.8 Å². The van der Waals surface area contributed by atoms with E-state index in [2.05, 4.69) is 5.32 Å².